The first-order valence-electron chi connectivity index (χ1n) is 13.1. The van der Waals surface area contributed by atoms with Crippen LogP contribution in [0.25, 0.3) is 11.4 Å². The Morgan fingerprint density at radius 3 is 2.17 bits per heavy atom. The molecule has 1 aromatic heterocycles. The van der Waals surface area contributed by atoms with Gasteiger partial charge in [-0.3, -0.25) is 9.59 Å². The van der Waals surface area contributed by atoms with E-state index in [1.165, 1.54) is 53.4 Å². The molecule has 0 radical (unpaired) electrons. The third-order valence-corrected chi connectivity index (χ3v) is 7.47. The zero-order chi connectivity index (χ0) is 30.5. The topological polar surface area (TPSA) is 176 Å². The number of rotatable bonds is 13. The molecule has 0 bridgehead atoms. The number of imidazole rings is 1. The Kier molecular flexibility index (Phi) is 10.4. The Labute approximate surface area is 238 Å². The van der Waals surface area contributed by atoms with Crippen LogP contribution in [0.3, 0.4) is 0 Å². The van der Waals surface area contributed by atoms with E-state index in [0.29, 0.717) is 22.8 Å². The number of benzene rings is 2. The monoisotopic (exact) mass is 590 g/mol. The maximum atomic E-state index is 13.9. The van der Waals surface area contributed by atoms with E-state index in [1.54, 1.807) is 11.5 Å². The van der Waals surface area contributed by atoms with Crippen molar-refractivity contribution in [3.8, 4) is 11.4 Å². The lowest BCUT2D eigenvalue weighted by Gasteiger charge is -2.22. The minimum Gasteiger partial charge on any atom is -0.481 e. The average molecular weight is 591 g/mol. The number of nitrogens with zero attached hydrogens (tertiary/aromatic N) is 3. The predicted octanol–water partition coefficient (Wildman–Crippen LogP) is 3.10. The molecular weight excluding hydrogens is 555 g/mol. The summed E-state index contributed by atoms with van der Waals surface area (Å²) in [4.78, 5) is 30.8. The van der Waals surface area contributed by atoms with E-state index in [1.807, 2.05) is 13.8 Å². The quantitative estimate of drug-likeness (QED) is 0.235. The Bertz CT molecular complexity index is 1470. The van der Waals surface area contributed by atoms with Crippen molar-refractivity contribution in [3.05, 3.63) is 65.7 Å². The summed E-state index contributed by atoms with van der Waals surface area (Å²) in [5.74, 6) is -1.91. The average Bonchev–Trinajstić information content (AvgIpc) is 3.27. The van der Waals surface area contributed by atoms with Crippen LogP contribution < -0.4 is 10.0 Å². The van der Waals surface area contributed by atoms with Gasteiger partial charge < -0.3 is 24.8 Å². The molecule has 0 aliphatic heterocycles. The first-order valence-corrected chi connectivity index (χ1v) is 14.7. The minimum absolute atomic E-state index is 0.0949. The van der Waals surface area contributed by atoms with Gasteiger partial charge in [-0.05, 0) is 74.2 Å². The Morgan fingerprint density at radius 2 is 1.66 bits per heavy atom. The number of sulfonamides is 1. The van der Waals surface area contributed by atoms with Crippen molar-refractivity contribution in [1.29, 1.82) is 0 Å². The smallest absolute Gasteiger partial charge is 0.305 e. The summed E-state index contributed by atoms with van der Waals surface area (Å²) in [6.07, 6.45) is -2.77. The van der Waals surface area contributed by atoms with Crippen molar-refractivity contribution in [1.82, 2.24) is 9.55 Å². The summed E-state index contributed by atoms with van der Waals surface area (Å²) >= 11 is 0. The van der Waals surface area contributed by atoms with Crippen molar-refractivity contribution in [3.63, 3.8) is 0 Å². The number of carbonyl (C=O) groups is 2. The van der Waals surface area contributed by atoms with Gasteiger partial charge in [0.05, 0.1) is 29.2 Å². The number of carboxylic acid groups (broad SMARTS) is 1. The molecule has 0 fully saturated rings. The van der Waals surface area contributed by atoms with Crippen molar-refractivity contribution in [2.24, 2.45) is 5.14 Å². The van der Waals surface area contributed by atoms with E-state index < -0.39 is 46.3 Å². The highest BCUT2D eigenvalue weighted by atomic mass is 32.2. The molecule has 5 N–H and O–H groups in total. The molecule has 11 nitrogen and oxygen atoms in total. The number of aliphatic hydroxyl groups is 2. The van der Waals surface area contributed by atoms with E-state index >= 15 is 0 Å². The number of carboxylic acids is 1. The second-order valence-electron chi connectivity index (χ2n) is 10.0. The zero-order valence-electron chi connectivity index (χ0n) is 23.1. The molecule has 0 spiro atoms. The number of aliphatic carboxylic acids is 1. The largest absolute Gasteiger partial charge is 0.481 e. The standard InChI is InChI=1S/C28H35FN4O7S/c1-4-32(20-9-11-23(12-10-20)41(30,39)40)28(38)25-26(17(2)3)33(14-13-21(34)15-22(35)16-24(36)37)27(31-25)18-5-7-19(29)8-6-18/h5-12,17,21-22,34-35H,4,13-16H2,1-3H3,(H,36,37)(H2,30,39,40)/t21-,22-/m1/s1. The molecule has 0 aliphatic rings. The van der Waals surface area contributed by atoms with Crippen LogP contribution in [0, 0.1) is 5.82 Å². The van der Waals surface area contributed by atoms with E-state index in [4.69, 9.17) is 10.2 Å². The predicted molar refractivity (Wildman–Crippen MR) is 150 cm³/mol. The molecule has 222 valence electrons. The van der Waals surface area contributed by atoms with Crippen molar-refractivity contribution >= 4 is 27.6 Å². The van der Waals surface area contributed by atoms with Crippen molar-refractivity contribution < 1.29 is 37.7 Å². The van der Waals surface area contributed by atoms with Gasteiger partial charge in [0.15, 0.2) is 5.69 Å². The van der Waals surface area contributed by atoms with Crippen molar-refractivity contribution in [2.45, 2.75) is 69.6 Å². The van der Waals surface area contributed by atoms with E-state index in [2.05, 4.69) is 4.98 Å². The number of hydrogen-bond donors (Lipinski definition) is 4. The maximum absolute atomic E-state index is 13.9. The summed E-state index contributed by atoms with van der Waals surface area (Å²) in [7, 11) is -3.92. The van der Waals surface area contributed by atoms with Gasteiger partial charge in [-0.15, -0.1) is 0 Å². The molecule has 1 heterocycles. The second-order valence-corrected chi connectivity index (χ2v) is 11.6. The molecule has 41 heavy (non-hydrogen) atoms. The molecule has 0 saturated carbocycles. The molecule has 2 aromatic carbocycles. The molecular formula is C28H35FN4O7S. The fraction of sp³-hybridized carbons (Fsp3) is 0.393. The van der Waals surface area contributed by atoms with Gasteiger partial charge in [-0.25, -0.2) is 22.9 Å². The van der Waals surface area contributed by atoms with Crippen LogP contribution in [0.15, 0.2) is 53.4 Å². The second kappa shape index (κ2) is 13.3. The van der Waals surface area contributed by atoms with Crippen molar-refractivity contribution in [2.75, 3.05) is 11.4 Å². The first kappa shape index (κ1) is 31.9. The number of nitrogens with two attached hydrogens (primary N) is 1. The number of anilines is 1. The Hall–Kier alpha value is -3.65. The summed E-state index contributed by atoms with van der Waals surface area (Å²) < 4.78 is 38.8. The van der Waals surface area contributed by atoms with Gasteiger partial charge in [0.1, 0.15) is 11.6 Å². The minimum atomic E-state index is -3.92. The van der Waals surface area contributed by atoms with Crippen LogP contribution in [0.5, 0.6) is 0 Å². The van der Waals surface area contributed by atoms with Crippen LogP contribution in [-0.2, 0) is 21.4 Å². The van der Waals surface area contributed by atoms with E-state index in [-0.39, 0.29) is 42.4 Å². The summed E-state index contributed by atoms with van der Waals surface area (Å²) in [5.41, 5.74) is 1.66. The highest BCUT2D eigenvalue weighted by Gasteiger charge is 2.29. The van der Waals surface area contributed by atoms with Crippen LogP contribution in [-0.4, -0.2) is 63.9 Å². The fourth-order valence-electron chi connectivity index (χ4n) is 4.64. The third-order valence-electron chi connectivity index (χ3n) is 6.54. The normalized spacial score (nSPS) is 13.3. The van der Waals surface area contributed by atoms with Gasteiger partial charge >= 0.3 is 5.97 Å². The van der Waals surface area contributed by atoms with E-state index in [9.17, 15) is 32.6 Å². The van der Waals surface area contributed by atoms with Crippen LogP contribution in [0.2, 0.25) is 0 Å². The molecule has 3 rings (SSSR count). The first-order chi connectivity index (χ1) is 19.2. The number of aromatic nitrogens is 2. The molecule has 1 amide bonds. The third kappa shape index (κ3) is 7.97. The Balaban J connectivity index is 2.04. The molecule has 3 aromatic rings. The summed E-state index contributed by atoms with van der Waals surface area (Å²) in [6.45, 7) is 5.93. The van der Waals surface area contributed by atoms with Crippen LogP contribution in [0.1, 0.15) is 62.1 Å². The lowest BCUT2D eigenvalue weighted by molar-refractivity contribution is -0.139. The maximum Gasteiger partial charge on any atom is 0.305 e. The van der Waals surface area contributed by atoms with Gasteiger partial charge in [-0.2, -0.15) is 0 Å². The lowest BCUT2D eigenvalue weighted by Crippen LogP contribution is -2.32. The molecule has 0 saturated heterocycles. The van der Waals surface area contributed by atoms with Crippen LogP contribution >= 0.6 is 0 Å². The number of primary sulfonamides is 1. The van der Waals surface area contributed by atoms with Crippen LogP contribution in [0.4, 0.5) is 10.1 Å². The van der Waals surface area contributed by atoms with E-state index in [0.717, 1.165) is 0 Å². The molecule has 0 unspecified atom stereocenters. The van der Waals surface area contributed by atoms with Gasteiger partial charge in [0, 0.05) is 24.3 Å². The number of halogens is 1. The van der Waals surface area contributed by atoms with Gasteiger partial charge in [0.25, 0.3) is 5.91 Å². The van der Waals surface area contributed by atoms with Gasteiger partial charge in [0.2, 0.25) is 10.0 Å². The zero-order valence-corrected chi connectivity index (χ0v) is 23.9. The summed E-state index contributed by atoms with van der Waals surface area (Å²) in [6, 6.07) is 11.2. The lowest BCUT2D eigenvalue weighted by atomic mass is 10.0. The highest BCUT2D eigenvalue weighted by molar-refractivity contribution is 7.89. The molecule has 13 heteroatoms. The molecule has 0 aliphatic carbocycles. The molecule has 2 atom stereocenters. The number of amides is 1. The highest BCUT2D eigenvalue weighted by Crippen LogP contribution is 2.31. The summed E-state index contributed by atoms with van der Waals surface area (Å²) in [5, 5.41) is 34.6. The fourth-order valence-corrected chi connectivity index (χ4v) is 5.15. The number of aliphatic hydroxyl groups excluding tert-OH is 2. The SMILES string of the molecule is CCN(C(=O)c1nc(-c2ccc(F)cc2)n(CC[C@@H](O)C[C@@H](O)CC(=O)O)c1C(C)C)c1ccc(S(N)(=O)=O)cc1. The Morgan fingerprint density at radius 1 is 1.05 bits per heavy atom. The number of carbonyl (C=O) groups excluding carboxylic acids is 1. The number of hydrogen-bond acceptors (Lipinski definition) is 7. The van der Waals surface area contributed by atoms with Gasteiger partial charge in [-0.1, -0.05) is 13.8 Å².